The standard InChI is InChI=1S/C13H12N2O7/c1-15-4(16)2-3(13(15)22)5-6-7(14-12(5)21)9(18)11(20)10(19)8(6)17/h3,14,17-21H,2H2,1H3. The van der Waals surface area contributed by atoms with Crippen molar-refractivity contribution in [1.29, 1.82) is 0 Å². The fraction of sp³-hybridized carbons (Fsp3) is 0.231. The maximum absolute atomic E-state index is 12.1. The van der Waals surface area contributed by atoms with Gasteiger partial charge in [0.15, 0.2) is 17.4 Å². The molecule has 0 spiro atoms. The lowest BCUT2D eigenvalue weighted by Crippen LogP contribution is -2.25. The molecule has 22 heavy (non-hydrogen) atoms. The third-order valence-corrected chi connectivity index (χ3v) is 3.89. The van der Waals surface area contributed by atoms with Gasteiger partial charge in [-0.2, -0.15) is 0 Å². The van der Waals surface area contributed by atoms with Crippen LogP contribution in [0.25, 0.3) is 10.9 Å². The van der Waals surface area contributed by atoms with Crippen molar-refractivity contribution in [3.8, 4) is 28.9 Å². The van der Waals surface area contributed by atoms with Gasteiger partial charge >= 0.3 is 0 Å². The number of carbonyl (C=O) groups excluding carboxylic acids is 2. The van der Waals surface area contributed by atoms with Crippen molar-refractivity contribution in [3.05, 3.63) is 5.56 Å². The maximum Gasteiger partial charge on any atom is 0.237 e. The summed E-state index contributed by atoms with van der Waals surface area (Å²) in [5, 5.41) is 48.6. The van der Waals surface area contributed by atoms with Gasteiger partial charge in [-0.05, 0) is 0 Å². The Hall–Kier alpha value is -3.10. The van der Waals surface area contributed by atoms with Gasteiger partial charge in [-0.3, -0.25) is 14.5 Å². The number of nitrogens with one attached hydrogen (secondary N) is 1. The van der Waals surface area contributed by atoms with Crippen LogP contribution in [-0.2, 0) is 9.59 Å². The van der Waals surface area contributed by atoms with E-state index in [-0.39, 0.29) is 22.9 Å². The summed E-state index contributed by atoms with van der Waals surface area (Å²) in [5.74, 6) is -6.24. The number of nitrogens with zero attached hydrogens (tertiary/aromatic N) is 1. The molecule has 9 heteroatoms. The van der Waals surface area contributed by atoms with E-state index in [4.69, 9.17) is 0 Å². The number of aromatic nitrogens is 1. The van der Waals surface area contributed by atoms with Crippen molar-refractivity contribution >= 4 is 22.7 Å². The molecule has 1 unspecified atom stereocenters. The first-order valence-corrected chi connectivity index (χ1v) is 6.26. The average Bonchev–Trinajstić information content (AvgIpc) is 2.95. The van der Waals surface area contributed by atoms with Crippen LogP contribution in [0.2, 0.25) is 0 Å². The van der Waals surface area contributed by atoms with E-state index in [0.717, 1.165) is 4.90 Å². The minimum Gasteiger partial charge on any atom is -0.504 e. The summed E-state index contributed by atoms with van der Waals surface area (Å²) in [6.45, 7) is 0. The van der Waals surface area contributed by atoms with Crippen molar-refractivity contribution in [2.75, 3.05) is 7.05 Å². The molecule has 1 atom stereocenters. The smallest absolute Gasteiger partial charge is 0.237 e. The topological polar surface area (TPSA) is 154 Å². The first-order valence-electron chi connectivity index (χ1n) is 6.26. The van der Waals surface area contributed by atoms with Crippen molar-refractivity contribution in [2.24, 2.45) is 0 Å². The minimum absolute atomic E-state index is 0.124. The van der Waals surface area contributed by atoms with Gasteiger partial charge in [0.25, 0.3) is 0 Å². The van der Waals surface area contributed by atoms with Crippen molar-refractivity contribution in [1.82, 2.24) is 9.88 Å². The summed E-state index contributed by atoms with van der Waals surface area (Å²) in [5.41, 5.74) is -0.379. The van der Waals surface area contributed by atoms with Gasteiger partial charge in [-0.15, -0.1) is 0 Å². The van der Waals surface area contributed by atoms with E-state index in [1.54, 1.807) is 0 Å². The molecule has 0 radical (unpaired) electrons. The van der Waals surface area contributed by atoms with Gasteiger partial charge in [0.05, 0.1) is 16.8 Å². The summed E-state index contributed by atoms with van der Waals surface area (Å²) in [4.78, 5) is 26.9. The number of benzene rings is 1. The Morgan fingerprint density at radius 1 is 1.00 bits per heavy atom. The van der Waals surface area contributed by atoms with Crippen LogP contribution in [0, 0.1) is 0 Å². The highest BCUT2D eigenvalue weighted by molar-refractivity contribution is 6.10. The van der Waals surface area contributed by atoms with Crippen LogP contribution in [0.4, 0.5) is 0 Å². The van der Waals surface area contributed by atoms with Crippen LogP contribution >= 0.6 is 0 Å². The van der Waals surface area contributed by atoms with E-state index >= 15 is 0 Å². The number of hydrogen-bond acceptors (Lipinski definition) is 7. The highest BCUT2D eigenvalue weighted by Crippen LogP contribution is 2.53. The Kier molecular flexibility index (Phi) is 2.65. The molecule has 1 aromatic carbocycles. The third kappa shape index (κ3) is 1.53. The SMILES string of the molecule is CN1C(=O)CC(c2c(O)[nH]c3c(O)c(O)c(O)c(O)c23)C1=O. The summed E-state index contributed by atoms with van der Waals surface area (Å²) in [6, 6.07) is 0. The molecule has 116 valence electrons. The quantitative estimate of drug-likeness (QED) is 0.249. The fourth-order valence-corrected chi connectivity index (χ4v) is 2.71. The number of likely N-dealkylation sites (N-methyl/N-ethyl adjacent to an activating group) is 1. The van der Waals surface area contributed by atoms with Crippen molar-refractivity contribution in [2.45, 2.75) is 12.3 Å². The molecule has 1 fully saturated rings. The van der Waals surface area contributed by atoms with Crippen LogP contribution in [0.15, 0.2) is 0 Å². The third-order valence-electron chi connectivity index (χ3n) is 3.89. The Labute approximate surface area is 122 Å². The van der Waals surface area contributed by atoms with Crippen LogP contribution in [-0.4, -0.2) is 54.3 Å². The largest absolute Gasteiger partial charge is 0.504 e. The molecule has 1 saturated heterocycles. The molecule has 1 aliphatic heterocycles. The number of likely N-dealkylation sites (tertiary alicyclic amines) is 1. The number of H-pyrrole nitrogens is 1. The number of phenolic OH excluding ortho intramolecular Hbond substituents is 4. The lowest BCUT2D eigenvalue weighted by atomic mass is 9.95. The molecule has 0 saturated carbocycles. The summed E-state index contributed by atoms with van der Waals surface area (Å²) in [6.07, 6.45) is -0.225. The van der Waals surface area contributed by atoms with Gasteiger partial charge < -0.3 is 30.5 Å². The zero-order valence-electron chi connectivity index (χ0n) is 11.3. The van der Waals surface area contributed by atoms with E-state index in [0.29, 0.717) is 0 Å². The molecule has 0 bridgehead atoms. The molecule has 2 aromatic rings. The maximum atomic E-state index is 12.1. The molecular weight excluding hydrogens is 296 g/mol. The lowest BCUT2D eigenvalue weighted by Gasteiger charge is -2.10. The molecule has 3 rings (SSSR count). The summed E-state index contributed by atoms with van der Waals surface area (Å²) < 4.78 is 0. The molecular formula is C13H12N2O7. The lowest BCUT2D eigenvalue weighted by molar-refractivity contribution is -0.137. The minimum atomic E-state index is -1.07. The van der Waals surface area contributed by atoms with E-state index in [1.165, 1.54) is 7.05 Å². The molecule has 1 aliphatic rings. The molecule has 6 N–H and O–H groups in total. The highest BCUT2D eigenvalue weighted by Gasteiger charge is 2.41. The number of rotatable bonds is 1. The number of imide groups is 1. The van der Waals surface area contributed by atoms with Gasteiger partial charge in [-0.1, -0.05) is 0 Å². The molecule has 2 amide bonds. The van der Waals surface area contributed by atoms with E-state index in [9.17, 15) is 35.1 Å². The average molecular weight is 308 g/mol. The second-order valence-electron chi connectivity index (χ2n) is 5.08. The second kappa shape index (κ2) is 4.20. The Balaban J connectivity index is 2.35. The predicted octanol–water partition coefficient (Wildman–Crippen LogP) is 0.168. The van der Waals surface area contributed by atoms with Crippen LogP contribution < -0.4 is 0 Å². The zero-order valence-corrected chi connectivity index (χ0v) is 11.3. The number of fused-ring (bicyclic) bond motifs is 1. The number of phenols is 4. The van der Waals surface area contributed by atoms with Crippen molar-refractivity contribution in [3.63, 3.8) is 0 Å². The molecule has 1 aromatic heterocycles. The van der Waals surface area contributed by atoms with E-state index < -0.39 is 46.6 Å². The number of carbonyl (C=O) groups is 2. The molecule has 9 nitrogen and oxygen atoms in total. The van der Waals surface area contributed by atoms with E-state index in [2.05, 4.69) is 4.98 Å². The number of aromatic amines is 1. The summed E-state index contributed by atoms with van der Waals surface area (Å²) in [7, 11) is 1.29. The second-order valence-corrected chi connectivity index (χ2v) is 5.08. The van der Waals surface area contributed by atoms with Gasteiger partial charge in [-0.25, -0.2) is 0 Å². The Bertz CT molecular complexity index is 839. The first kappa shape index (κ1) is 13.9. The highest BCUT2D eigenvalue weighted by atomic mass is 16.3. The van der Waals surface area contributed by atoms with Crippen LogP contribution in [0.1, 0.15) is 17.9 Å². The Morgan fingerprint density at radius 3 is 2.14 bits per heavy atom. The number of aromatic hydroxyl groups is 5. The first-order chi connectivity index (χ1) is 10.3. The predicted molar refractivity (Wildman–Crippen MR) is 71.8 cm³/mol. The van der Waals surface area contributed by atoms with Crippen molar-refractivity contribution < 1.29 is 35.1 Å². The fourth-order valence-electron chi connectivity index (χ4n) is 2.71. The number of hydrogen-bond donors (Lipinski definition) is 6. The van der Waals surface area contributed by atoms with E-state index in [1.807, 2.05) is 0 Å². The van der Waals surface area contributed by atoms with Gasteiger partial charge in [0.2, 0.25) is 23.3 Å². The summed E-state index contributed by atoms with van der Waals surface area (Å²) >= 11 is 0. The van der Waals surface area contributed by atoms with Crippen LogP contribution in [0.3, 0.4) is 0 Å². The monoisotopic (exact) mass is 308 g/mol. The zero-order chi connectivity index (χ0) is 16.3. The molecule has 0 aliphatic carbocycles. The normalized spacial score (nSPS) is 18.6. The van der Waals surface area contributed by atoms with Gasteiger partial charge in [0.1, 0.15) is 0 Å². The van der Waals surface area contributed by atoms with Crippen LogP contribution in [0.5, 0.6) is 28.9 Å². The molecule has 2 heterocycles. The number of amides is 2. The van der Waals surface area contributed by atoms with Gasteiger partial charge in [0, 0.05) is 19.0 Å². The Morgan fingerprint density at radius 2 is 1.59 bits per heavy atom.